The van der Waals surface area contributed by atoms with Crippen molar-refractivity contribution < 1.29 is 32.1 Å². The molecule has 0 aromatic rings. The van der Waals surface area contributed by atoms with Crippen molar-refractivity contribution in [1.29, 1.82) is 0 Å². The Hall–Kier alpha value is -0.510. The lowest BCUT2D eigenvalue weighted by Gasteiger charge is -1.90. The van der Waals surface area contributed by atoms with Crippen LogP contribution >= 0.6 is 0 Å². The summed E-state index contributed by atoms with van der Waals surface area (Å²) in [5.74, 6) is 0. The molecule has 0 heterocycles. The minimum atomic E-state index is -4.26. The van der Waals surface area contributed by atoms with Gasteiger partial charge in [0.05, 0.1) is 19.8 Å². The predicted octanol–water partition coefficient (Wildman–Crippen LogP) is 1.18. The van der Waals surface area contributed by atoms with E-state index >= 15 is 0 Å². The summed E-state index contributed by atoms with van der Waals surface area (Å²) in [5.41, 5.74) is 0. The minimum Gasteiger partial charge on any atom is -0.394 e. The second kappa shape index (κ2) is 20.8. The van der Waals surface area contributed by atoms with E-state index in [-0.39, 0.29) is 19.8 Å². The Balaban J connectivity index is -0.000000206. The molecule has 124 valence electrons. The standard InChI is InChI=1S/C4H10O.C3H6O4S.C3H6.C2H6O2/c1-3-5-4-2;1-2-3-7-8(4,5)6;1-2-3-1;3-1-2-4/h3-4H2,1-2H3;2H,1,3H2,(H,4,5,6);1-3H2;3-4H,1-2H2. The van der Waals surface area contributed by atoms with Crippen LogP contribution in [0.5, 0.6) is 0 Å². The first-order chi connectivity index (χ1) is 9.39. The van der Waals surface area contributed by atoms with Gasteiger partial charge in [0.2, 0.25) is 0 Å². The van der Waals surface area contributed by atoms with Crippen molar-refractivity contribution in [3.8, 4) is 0 Å². The maximum atomic E-state index is 9.68. The summed E-state index contributed by atoms with van der Waals surface area (Å²) in [5, 5.41) is 15.2. The van der Waals surface area contributed by atoms with Crippen LogP contribution in [0.1, 0.15) is 33.1 Å². The van der Waals surface area contributed by atoms with Gasteiger partial charge in [0.25, 0.3) is 0 Å². The van der Waals surface area contributed by atoms with E-state index in [9.17, 15) is 8.42 Å². The Labute approximate surface area is 122 Å². The van der Waals surface area contributed by atoms with Crippen molar-refractivity contribution in [3.63, 3.8) is 0 Å². The third-order valence-corrected chi connectivity index (χ3v) is 1.63. The largest absolute Gasteiger partial charge is 0.397 e. The van der Waals surface area contributed by atoms with Crippen LogP contribution in [0.2, 0.25) is 0 Å². The van der Waals surface area contributed by atoms with E-state index in [0.717, 1.165) is 13.2 Å². The lowest BCUT2D eigenvalue weighted by Crippen LogP contribution is -2.02. The zero-order valence-corrected chi connectivity index (χ0v) is 13.1. The van der Waals surface area contributed by atoms with Crippen molar-refractivity contribution in [1.82, 2.24) is 0 Å². The van der Waals surface area contributed by atoms with E-state index in [1.54, 1.807) is 0 Å². The summed E-state index contributed by atoms with van der Waals surface area (Å²) < 4.78 is 35.8. The maximum Gasteiger partial charge on any atom is 0.397 e. The molecule has 1 fully saturated rings. The quantitative estimate of drug-likeness (QED) is 0.498. The van der Waals surface area contributed by atoms with E-state index in [1.807, 2.05) is 13.8 Å². The van der Waals surface area contributed by atoms with Gasteiger partial charge in [-0.2, -0.15) is 8.42 Å². The highest BCUT2D eigenvalue weighted by Crippen LogP contribution is 2.14. The van der Waals surface area contributed by atoms with E-state index < -0.39 is 10.4 Å². The van der Waals surface area contributed by atoms with Crippen LogP contribution in [0, 0.1) is 0 Å². The Kier molecular flexibility index (Phi) is 25.5. The molecule has 1 rings (SSSR count). The highest BCUT2D eigenvalue weighted by atomic mass is 32.3. The fourth-order valence-corrected chi connectivity index (χ4v) is 0.606. The Bertz CT molecular complexity index is 256. The molecule has 20 heavy (non-hydrogen) atoms. The topological polar surface area (TPSA) is 113 Å². The van der Waals surface area contributed by atoms with Crippen molar-refractivity contribution in [2.24, 2.45) is 0 Å². The number of aliphatic hydroxyl groups excluding tert-OH is 2. The van der Waals surface area contributed by atoms with Crippen LogP contribution in [0.25, 0.3) is 0 Å². The maximum absolute atomic E-state index is 9.68. The summed E-state index contributed by atoms with van der Waals surface area (Å²) in [6.45, 7) is 8.38. The molecule has 0 bridgehead atoms. The molecular formula is C12H28O7S. The summed E-state index contributed by atoms with van der Waals surface area (Å²) in [6.07, 6.45) is 5.72. The van der Waals surface area contributed by atoms with Crippen molar-refractivity contribution in [2.75, 3.05) is 33.0 Å². The minimum absolute atomic E-state index is 0.125. The highest BCUT2D eigenvalue weighted by molar-refractivity contribution is 7.80. The number of ether oxygens (including phenoxy) is 1. The van der Waals surface area contributed by atoms with Crippen LogP contribution in [0.15, 0.2) is 12.7 Å². The number of rotatable bonds is 6. The molecule has 8 heteroatoms. The first-order valence-corrected chi connectivity index (χ1v) is 7.78. The molecule has 0 aliphatic heterocycles. The number of hydrogen-bond donors (Lipinski definition) is 3. The molecule has 0 aromatic heterocycles. The molecule has 3 N–H and O–H groups in total. The molecule has 0 spiro atoms. The van der Waals surface area contributed by atoms with E-state index in [0.29, 0.717) is 0 Å². The SMILES string of the molecule is C1CC1.C=CCOS(=O)(=O)O.CCOCC.OCCO. The van der Waals surface area contributed by atoms with Gasteiger partial charge in [-0.1, -0.05) is 25.3 Å². The van der Waals surface area contributed by atoms with Crippen molar-refractivity contribution in [3.05, 3.63) is 12.7 Å². The Morgan fingerprint density at radius 1 is 1.10 bits per heavy atom. The summed E-state index contributed by atoms with van der Waals surface area (Å²) in [6, 6.07) is 0. The van der Waals surface area contributed by atoms with Crippen LogP contribution in [0.3, 0.4) is 0 Å². The van der Waals surface area contributed by atoms with Gasteiger partial charge in [-0.25, -0.2) is 4.18 Å². The van der Waals surface area contributed by atoms with E-state index in [4.69, 9.17) is 19.5 Å². The van der Waals surface area contributed by atoms with Crippen LogP contribution in [0.4, 0.5) is 0 Å². The van der Waals surface area contributed by atoms with Crippen LogP contribution in [-0.4, -0.2) is 56.2 Å². The average Bonchev–Trinajstić information content (AvgIpc) is 3.25. The zero-order chi connectivity index (χ0) is 16.3. The lowest BCUT2D eigenvalue weighted by molar-refractivity contribution is 0.162. The molecule has 0 amide bonds. The Morgan fingerprint density at radius 2 is 1.50 bits per heavy atom. The molecule has 1 saturated carbocycles. The fraction of sp³-hybridized carbons (Fsp3) is 0.833. The lowest BCUT2D eigenvalue weighted by atomic mass is 10.7. The molecule has 0 radical (unpaired) electrons. The molecule has 0 aromatic carbocycles. The predicted molar refractivity (Wildman–Crippen MR) is 77.9 cm³/mol. The summed E-state index contributed by atoms with van der Waals surface area (Å²) in [4.78, 5) is 0. The van der Waals surface area contributed by atoms with Gasteiger partial charge in [-0.05, 0) is 13.8 Å². The van der Waals surface area contributed by atoms with Crippen LogP contribution in [-0.2, 0) is 19.3 Å². The van der Waals surface area contributed by atoms with Gasteiger partial charge in [-0.15, -0.1) is 6.58 Å². The van der Waals surface area contributed by atoms with Gasteiger partial charge < -0.3 is 14.9 Å². The average molecular weight is 316 g/mol. The van der Waals surface area contributed by atoms with Gasteiger partial charge in [0, 0.05) is 13.2 Å². The summed E-state index contributed by atoms with van der Waals surface area (Å²) >= 11 is 0. The van der Waals surface area contributed by atoms with Crippen molar-refractivity contribution in [2.45, 2.75) is 33.1 Å². The fourth-order valence-electron chi connectivity index (χ4n) is 0.338. The monoisotopic (exact) mass is 316 g/mol. The second-order valence-corrected chi connectivity index (χ2v) is 4.38. The third-order valence-electron chi connectivity index (χ3n) is 1.20. The normalized spacial score (nSPS) is 11.7. The molecule has 0 unspecified atom stereocenters. The summed E-state index contributed by atoms with van der Waals surface area (Å²) in [7, 11) is -4.26. The highest BCUT2D eigenvalue weighted by Gasteiger charge is 1.99. The number of hydrogen-bond acceptors (Lipinski definition) is 6. The second-order valence-electron chi connectivity index (χ2n) is 3.29. The van der Waals surface area contributed by atoms with Gasteiger partial charge in [0.15, 0.2) is 0 Å². The first-order valence-electron chi connectivity index (χ1n) is 6.41. The zero-order valence-electron chi connectivity index (χ0n) is 12.3. The van der Waals surface area contributed by atoms with Gasteiger partial charge in [0.1, 0.15) is 0 Å². The number of aliphatic hydroxyl groups is 2. The van der Waals surface area contributed by atoms with Gasteiger partial charge >= 0.3 is 10.4 Å². The molecular weight excluding hydrogens is 288 g/mol. The first kappa shape index (κ1) is 24.5. The molecule has 0 saturated heterocycles. The smallest absolute Gasteiger partial charge is 0.394 e. The molecule has 1 aliphatic carbocycles. The van der Waals surface area contributed by atoms with Crippen molar-refractivity contribution >= 4 is 10.4 Å². The third kappa shape index (κ3) is 66.0. The molecule has 7 nitrogen and oxygen atoms in total. The van der Waals surface area contributed by atoms with E-state index in [2.05, 4.69) is 10.8 Å². The molecule has 0 atom stereocenters. The van der Waals surface area contributed by atoms with Crippen LogP contribution < -0.4 is 0 Å². The Morgan fingerprint density at radius 3 is 1.55 bits per heavy atom. The van der Waals surface area contributed by atoms with Gasteiger partial charge in [-0.3, -0.25) is 4.55 Å². The molecule has 1 aliphatic rings. The van der Waals surface area contributed by atoms with E-state index in [1.165, 1.54) is 25.3 Å².